The Labute approximate surface area is 178 Å². The molecule has 0 fully saturated rings. The Hall–Kier alpha value is -4.33. The summed E-state index contributed by atoms with van der Waals surface area (Å²) in [5, 5.41) is 16.8. The molecule has 0 aliphatic rings. The van der Waals surface area contributed by atoms with Crippen molar-refractivity contribution in [2.75, 3.05) is 5.32 Å². The van der Waals surface area contributed by atoms with Gasteiger partial charge in [-0.3, -0.25) is 9.59 Å². The van der Waals surface area contributed by atoms with E-state index in [2.05, 4.69) is 26.2 Å². The zero-order chi connectivity index (χ0) is 21.5. The second-order valence-electron chi connectivity index (χ2n) is 6.88. The fourth-order valence-electron chi connectivity index (χ4n) is 3.13. The van der Waals surface area contributed by atoms with Gasteiger partial charge in [0.15, 0.2) is 0 Å². The summed E-state index contributed by atoms with van der Waals surface area (Å²) in [6.07, 6.45) is 1.83. The van der Waals surface area contributed by atoms with E-state index < -0.39 is 6.04 Å². The Kier molecular flexibility index (Phi) is 6.08. The zero-order valence-corrected chi connectivity index (χ0v) is 16.6. The smallest absolute Gasteiger partial charge is 0.251 e. The molecule has 1 heterocycles. The fraction of sp³-hybridized carbons (Fsp3) is 0.0870. The molecule has 1 unspecified atom stereocenters. The minimum absolute atomic E-state index is 0.306. The number of tetrazole rings is 1. The first-order valence-corrected chi connectivity index (χ1v) is 9.73. The van der Waals surface area contributed by atoms with Gasteiger partial charge in [0.05, 0.1) is 5.69 Å². The molecule has 0 saturated heterocycles. The zero-order valence-electron chi connectivity index (χ0n) is 16.6. The van der Waals surface area contributed by atoms with Crippen LogP contribution >= 0.6 is 0 Å². The van der Waals surface area contributed by atoms with Crippen LogP contribution in [-0.2, 0) is 11.2 Å². The van der Waals surface area contributed by atoms with Crippen LogP contribution in [0.1, 0.15) is 15.9 Å². The van der Waals surface area contributed by atoms with E-state index in [1.54, 1.807) is 42.5 Å². The third kappa shape index (κ3) is 5.18. The van der Waals surface area contributed by atoms with Crippen molar-refractivity contribution in [3.8, 4) is 5.69 Å². The van der Waals surface area contributed by atoms with Crippen LogP contribution < -0.4 is 10.6 Å². The largest absolute Gasteiger partial charge is 0.340 e. The van der Waals surface area contributed by atoms with Gasteiger partial charge in [-0.2, -0.15) is 0 Å². The highest BCUT2D eigenvalue weighted by Crippen LogP contribution is 2.15. The van der Waals surface area contributed by atoms with E-state index in [0.717, 1.165) is 5.56 Å². The van der Waals surface area contributed by atoms with Crippen LogP contribution in [0, 0.1) is 0 Å². The van der Waals surface area contributed by atoms with Crippen LogP contribution in [0.5, 0.6) is 0 Å². The number of amides is 2. The van der Waals surface area contributed by atoms with E-state index in [-0.39, 0.29) is 11.8 Å². The van der Waals surface area contributed by atoms with Crippen LogP contribution in [-0.4, -0.2) is 38.1 Å². The molecule has 1 aromatic heterocycles. The van der Waals surface area contributed by atoms with E-state index in [9.17, 15) is 9.59 Å². The average Bonchev–Trinajstić information content (AvgIpc) is 3.35. The van der Waals surface area contributed by atoms with E-state index in [1.165, 1.54) is 11.0 Å². The van der Waals surface area contributed by atoms with Gasteiger partial charge < -0.3 is 10.6 Å². The van der Waals surface area contributed by atoms with Crippen LogP contribution in [0.3, 0.4) is 0 Å². The summed E-state index contributed by atoms with van der Waals surface area (Å²) in [5.74, 6) is -0.624. The Bertz CT molecular complexity index is 1150. The summed E-state index contributed by atoms with van der Waals surface area (Å²) in [4.78, 5) is 25.8. The lowest BCUT2D eigenvalue weighted by Crippen LogP contribution is -2.45. The Morgan fingerprint density at radius 1 is 0.903 bits per heavy atom. The van der Waals surface area contributed by atoms with Gasteiger partial charge in [0, 0.05) is 17.7 Å². The normalized spacial score (nSPS) is 11.5. The summed E-state index contributed by atoms with van der Waals surface area (Å²) >= 11 is 0. The lowest BCUT2D eigenvalue weighted by atomic mass is 10.0. The highest BCUT2D eigenvalue weighted by atomic mass is 16.2. The van der Waals surface area contributed by atoms with Gasteiger partial charge in [0.25, 0.3) is 5.91 Å². The number of aromatic nitrogens is 4. The molecule has 4 rings (SSSR count). The predicted molar refractivity (Wildman–Crippen MR) is 116 cm³/mol. The second kappa shape index (κ2) is 9.45. The number of rotatable bonds is 7. The number of nitrogens with one attached hydrogen (secondary N) is 2. The highest BCUT2D eigenvalue weighted by molar-refractivity contribution is 6.01. The molecule has 1 atom stereocenters. The van der Waals surface area contributed by atoms with E-state index in [1.807, 2.05) is 42.5 Å². The van der Waals surface area contributed by atoms with Crippen molar-refractivity contribution < 1.29 is 9.59 Å². The van der Waals surface area contributed by atoms with Gasteiger partial charge >= 0.3 is 0 Å². The van der Waals surface area contributed by atoms with Crippen LogP contribution in [0.15, 0.2) is 91.3 Å². The minimum atomic E-state index is -0.758. The molecule has 0 spiro atoms. The summed E-state index contributed by atoms with van der Waals surface area (Å²) in [7, 11) is 0. The van der Waals surface area contributed by atoms with Gasteiger partial charge in [-0.15, -0.1) is 5.10 Å². The average molecular weight is 412 g/mol. The fourth-order valence-corrected chi connectivity index (χ4v) is 3.13. The standard InChI is InChI=1S/C23H20N6O2/c30-22(18-10-5-2-6-11-18)26-21(14-17-8-3-1-4-9-17)23(31)25-19-12-7-13-20(15-19)29-16-24-27-28-29/h1-13,15-16,21H,14H2,(H,25,31)(H,26,30). The van der Waals surface area contributed by atoms with Crippen molar-refractivity contribution in [1.82, 2.24) is 25.5 Å². The van der Waals surface area contributed by atoms with Crippen molar-refractivity contribution >= 4 is 17.5 Å². The molecular formula is C23H20N6O2. The SMILES string of the molecule is O=C(NC(Cc1ccccc1)C(=O)Nc1cccc(-n2cnnn2)c1)c1ccccc1. The first kappa shape index (κ1) is 20.0. The van der Waals surface area contributed by atoms with Crippen LogP contribution in [0.2, 0.25) is 0 Å². The molecule has 0 aliphatic carbocycles. The maximum Gasteiger partial charge on any atom is 0.251 e. The highest BCUT2D eigenvalue weighted by Gasteiger charge is 2.22. The molecule has 8 nitrogen and oxygen atoms in total. The Balaban J connectivity index is 1.53. The first-order valence-electron chi connectivity index (χ1n) is 9.73. The number of carbonyl (C=O) groups excluding carboxylic acids is 2. The lowest BCUT2D eigenvalue weighted by Gasteiger charge is -2.19. The number of hydrogen-bond donors (Lipinski definition) is 2. The maximum atomic E-state index is 13.1. The van der Waals surface area contributed by atoms with Gasteiger partial charge in [-0.25, -0.2) is 4.68 Å². The van der Waals surface area contributed by atoms with Gasteiger partial charge in [-0.05, 0) is 46.3 Å². The summed E-state index contributed by atoms with van der Waals surface area (Å²) in [6.45, 7) is 0. The quantitative estimate of drug-likeness (QED) is 0.486. The van der Waals surface area contributed by atoms with Gasteiger partial charge in [-0.1, -0.05) is 54.6 Å². The topological polar surface area (TPSA) is 102 Å². The van der Waals surface area contributed by atoms with E-state index in [0.29, 0.717) is 23.4 Å². The molecule has 0 radical (unpaired) electrons. The molecule has 2 amide bonds. The molecule has 31 heavy (non-hydrogen) atoms. The van der Waals surface area contributed by atoms with Crippen LogP contribution in [0.25, 0.3) is 5.69 Å². The van der Waals surface area contributed by atoms with Gasteiger partial charge in [0.2, 0.25) is 5.91 Å². The number of nitrogens with zero attached hydrogens (tertiary/aromatic N) is 4. The Morgan fingerprint density at radius 2 is 1.65 bits per heavy atom. The maximum absolute atomic E-state index is 13.1. The number of hydrogen-bond acceptors (Lipinski definition) is 5. The molecule has 0 aliphatic heterocycles. The van der Waals surface area contributed by atoms with E-state index in [4.69, 9.17) is 0 Å². The second-order valence-corrected chi connectivity index (χ2v) is 6.88. The molecule has 3 aromatic carbocycles. The molecule has 0 bridgehead atoms. The molecule has 2 N–H and O–H groups in total. The predicted octanol–water partition coefficient (Wildman–Crippen LogP) is 2.64. The van der Waals surface area contributed by atoms with Crippen LogP contribution in [0.4, 0.5) is 5.69 Å². The summed E-state index contributed by atoms with van der Waals surface area (Å²) in [6, 6.07) is 24.8. The van der Waals surface area contributed by atoms with Crippen molar-refractivity contribution in [3.05, 3.63) is 102 Å². The number of carbonyl (C=O) groups is 2. The van der Waals surface area contributed by atoms with Crippen molar-refractivity contribution in [3.63, 3.8) is 0 Å². The minimum Gasteiger partial charge on any atom is -0.340 e. The lowest BCUT2D eigenvalue weighted by molar-refractivity contribution is -0.118. The molecule has 154 valence electrons. The third-order valence-electron chi connectivity index (χ3n) is 4.67. The van der Waals surface area contributed by atoms with Crippen molar-refractivity contribution in [2.45, 2.75) is 12.5 Å². The number of benzene rings is 3. The third-order valence-corrected chi connectivity index (χ3v) is 4.67. The first-order chi connectivity index (χ1) is 15.2. The molecule has 0 saturated carbocycles. The van der Waals surface area contributed by atoms with Gasteiger partial charge in [0.1, 0.15) is 12.4 Å². The monoisotopic (exact) mass is 412 g/mol. The molecule has 8 heteroatoms. The van der Waals surface area contributed by atoms with Crippen molar-refractivity contribution in [1.29, 1.82) is 0 Å². The summed E-state index contributed by atoms with van der Waals surface area (Å²) < 4.78 is 1.49. The molecular weight excluding hydrogens is 392 g/mol. The molecule has 4 aromatic rings. The Morgan fingerprint density at radius 3 is 2.35 bits per heavy atom. The van der Waals surface area contributed by atoms with Crippen molar-refractivity contribution in [2.24, 2.45) is 0 Å². The summed E-state index contributed by atoms with van der Waals surface area (Å²) in [5.41, 5.74) is 2.72. The van der Waals surface area contributed by atoms with E-state index >= 15 is 0 Å². The number of anilines is 1.